The van der Waals surface area contributed by atoms with Crippen LogP contribution in [0.5, 0.6) is 5.75 Å². The second kappa shape index (κ2) is 6.34. The monoisotopic (exact) mass is 324 g/mol. The average Bonchev–Trinajstić information content (AvgIpc) is 3.26. The van der Waals surface area contributed by atoms with Crippen molar-refractivity contribution >= 4 is 11.7 Å². The van der Waals surface area contributed by atoms with Crippen LogP contribution in [0.1, 0.15) is 44.1 Å². The van der Waals surface area contributed by atoms with Gasteiger partial charge in [0.15, 0.2) is 6.61 Å². The molecular weight excluding hydrogens is 302 g/mol. The van der Waals surface area contributed by atoms with Crippen molar-refractivity contribution in [2.75, 3.05) is 24.6 Å². The molecule has 2 fully saturated rings. The van der Waals surface area contributed by atoms with Crippen LogP contribution in [0.3, 0.4) is 0 Å². The smallest absolute Gasteiger partial charge is 0.321 e. The molecule has 3 rings (SSSR count). The quantitative estimate of drug-likeness (QED) is 0.826. The number of nitrogens with one attached hydrogen (secondary N) is 1. The predicted molar refractivity (Wildman–Crippen MR) is 84.5 cm³/mol. The molecule has 2 amide bonds. The Morgan fingerprint density at radius 1 is 1.39 bits per heavy atom. The van der Waals surface area contributed by atoms with E-state index in [1.54, 1.807) is 17.9 Å². The third-order valence-electron chi connectivity index (χ3n) is 4.24. The number of rotatable bonds is 7. The number of carbonyl (C=O) groups is 1. The Hall–Kier alpha value is -1.85. The Labute approximate surface area is 134 Å². The van der Waals surface area contributed by atoms with E-state index in [4.69, 9.17) is 4.74 Å². The second-order valence-corrected chi connectivity index (χ2v) is 6.27. The lowest BCUT2D eigenvalue weighted by molar-refractivity contribution is -0.0482. The maximum absolute atomic E-state index is 13.7. The van der Waals surface area contributed by atoms with Crippen LogP contribution in [-0.4, -0.2) is 31.7 Å². The van der Waals surface area contributed by atoms with Crippen LogP contribution < -0.4 is 15.0 Å². The normalized spacial score (nSPS) is 18.2. The summed E-state index contributed by atoms with van der Waals surface area (Å²) in [6.07, 6.45) is 2.36. The zero-order valence-corrected chi connectivity index (χ0v) is 13.3. The minimum Gasteiger partial charge on any atom is -0.487 e. The van der Waals surface area contributed by atoms with E-state index < -0.39 is 12.5 Å². The van der Waals surface area contributed by atoms with E-state index in [1.165, 1.54) is 0 Å². The van der Waals surface area contributed by atoms with E-state index in [-0.39, 0.29) is 12.5 Å². The van der Waals surface area contributed by atoms with Gasteiger partial charge in [0, 0.05) is 31.3 Å². The highest BCUT2D eigenvalue weighted by Gasteiger charge is 2.32. The van der Waals surface area contributed by atoms with Crippen molar-refractivity contribution in [2.45, 2.75) is 44.4 Å². The number of hydrogen-bond donors (Lipinski definition) is 1. The summed E-state index contributed by atoms with van der Waals surface area (Å²) < 4.78 is 32.9. The number of amides is 2. The molecule has 1 aromatic rings. The highest BCUT2D eigenvalue weighted by atomic mass is 19.3. The van der Waals surface area contributed by atoms with Gasteiger partial charge in [0.1, 0.15) is 5.75 Å². The molecule has 1 saturated heterocycles. The summed E-state index contributed by atoms with van der Waals surface area (Å²) in [5, 5.41) is 2.74. The van der Waals surface area contributed by atoms with Crippen LogP contribution in [0.2, 0.25) is 0 Å². The Morgan fingerprint density at radius 3 is 2.78 bits per heavy atom. The average molecular weight is 324 g/mol. The zero-order chi connectivity index (χ0) is 16.4. The third kappa shape index (κ3) is 3.74. The largest absolute Gasteiger partial charge is 0.487 e. The van der Waals surface area contributed by atoms with Crippen LogP contribution in [-0.2, 0) is 0 Å². The lowest BCUT2D eigenvalue weighted by atomic mass is 10.1. The molecule has 2 aliphatic rings. The number of nitrogens with zero attached hydrogens (tertiary/aromatic N) is 1. The molecule has 0 bridgehead atoms. The predicted octanol–water partition coefficient (Wildman–Crippen LogP) is 3.91. The summed E-state index contributed by atoms with van der Waals surface area (Å²) in [6, 6.07) is 5.34. The van der Waals surface area contributed by atoms with E-state index in [2.05, 4.69) is 5.32 Å². The van der Waals surface area contributed by atoms with Gasteiger partial charge in [-0.1, -0.05) is 19.4 Å². The first kappa shape index (κ1) is 16.0. The molecule has 0 aromatic heterocycles. The Balaban J connectivity index is 1.79. The topological polar surface area (TPSA) is 41.6 Å². The van der Waals surface area contributed by atoms with Gasteiger partial charge in [-0.2, -0.15) is 0 Å². The van der Waals surface area contributed by atoms with Crippen molar-refractivity contribution in [1.82, 2.24) is 5.32 Å². The summed E-state index contributed by atoms with van der Waals surface area (Å²) in [5.74, 6) is -1.94. The first-order chi connectivity index (χ1) is 11.0. The zero-order valence-electron chi connectivity index (χ0n) is 13.3. The maximum Gasteiger partial charge on any atom is 0.321 e. The van der Waals surface area contributed by atoms with E-state index in [9.17, 15) is 13.6 Å². The van der Waals surface area contributed by atoms with Gasteiger partial charge in [-0.25, -0.2) is 13.6 Å². The molecule has 126 valence electrons. The fourth-order valence-electron chi connectivity index (χ4n) is 2.89. The Morgan fingerprint density at radius 2 is 2.17 bits per heavy atom. The molecule has 1 aliphatic carbocycles. The molecule has 1 aromatic carbocycles. The van der Waals surface area contributed by atoms with E-state index in [1.807, 2.05) is 12.1 Å². The molecule has 23 heavy (non-hydrogen) atoms. The number of urea groups is 1. The molecule has 6 heteroatoms. The first-order valence-corrected chi connectivity index (χ1v) is 8.20. The number of carbonyl (C=O) groups excluding carboxylic acids is 1. The number of anilines is 1. The van der Waals surface area contributed by atoms with E-state index in [0.717, 1.165) is 18.4 Å². The molecule has 0 atom stereocenters. The third-order valence-corrected chi connectivity index (χ3v) is 4.24. The van der Waals surface area contributed by atoms with Gasteiger partial charge in [-0.3, -0.25) is 4.90 Å². The van der Waals surface area contributed by atoms with Gasteiger partial charge in [-0.15, -0.1) is 0 Å². The van der Waals surface area contributed by atoms with Gasteiger partial charge >= 0.3 is 6.03 Å². The van der Waals surface area contributed by atoms with Crippen molar-refractivity contribution < 1.29 is 18.3 Å². The highest BCUT2D eigenvalue weighted by Crippen LogP contribution is 2.45. The summed E-state index contributed by atoms with van der Waals surface area (Å²) in [6.45, 7) is 2.29. The van der Waals surface area contributed by atoms with Crippen molar-refractivity contribution in [2.24, 2.45) is 0 Å². The van der Waals surface area contributed by atoms with Crippen LogP contribution in [0.4, 0.5) is 19.3 Å². The lowest BCUT2D eigenvalue weighted by Crippen LogP contribution is -2.28. The van der Waals surface area contributed by atoms with E-state index in [0.29, 0.717) is 36.9 Å². The molecular formula is C17H22F2N2O2. The fourth-order valence-corrected chi connectivity index (χ4v) is 2.89. The summed E-state index contributed by atoms with van der Waals surface area (Å²) in [5.41, 5.74) is 1.67. The number of ether oxygens (including phenoxy) is 1. The maximum atomic E-state index is 13.7. The van der Waals surface area contributed by atoms with Crippen molar-refractivity contribution in [3.05, 3.63) is 23.8 Å². The lowest BCUT2D eigenvalue weighted by Gasteiger charge is -2.20. The van der Waals surface area contributed by atoms with Crippen LogP contribution in [0.15, 0.2) is 18.2 Å². The molecule has 0 spiro atoms. The van der Waals surface area contributed by atoms with Crippen LogP contribution >= 0.6 is 0 Å². The standard InChI is InChI=1S/C17H22F2N2O2/c1-2-7-17(18,19)11-23-15-10-13(21-9-8-20-16(21)22)5-6-14(15)12-3-4-12/h5-6,10,12H,2-4,7-9,11H2,1H3,(H,20,22). The summed E-state index contributed by atoms with van der Waals surface area (Å²) >= 11 is 0. The molecule has 0 unspecified atom stereocenters. The minimum absolute atomic E-state index is 0.161. The molecule has 1 saturated carbocycles. The van der Waals surface area contributed by atoms with Crippen molar-refractivity contribution in [3.63, 3.8) is 0 Å². The second-order valence-electron chi connectivity index (χ2n) is 6.27. The SMILES string of the molecule is CCCC(F)(F)COc1cc(N2CCNC2=O)ccc1C1CC1. The number of benzene rings is 1. The van der Waals surface area contributed by atoms with Crippen LogP contribution in [0, 0.1) is 0 Å². The number of halogens is 2. The molecule has 1 heterocycles. The Kier molecular flexibility index (Phi) is 4.41. The fraction of sp³-hybridized carbons (Fsp3) is 0.588. The van der Waals surface area contributed by atoms with E-state index >= 15 is 0 Å². The van der Waals surface area contributed by atoms with Crippen molar-refractivity contribution in [1.29, 1.82) is 0 Å². The minimum atomic E-state index is -2.82. The van der Waals surface area contributed by atoms with Gasteiger partial charge < -0.3 is 10.1 Å². The molecule has 1 N–H and O–H groups in total. The number of alkyl halides is 2. The first-order valence-electron chi connectivity index (χ1n) is 8.20. The molecule has 4 nitrogen and oxygen atoms in total. The van der Waals surface area contributed by atoms with Gasteiger partial charge in [0.25, 0.3) is 5.92 Å². The Bertz CT molecular complexity index is 588. The number of hydrogen-bond acceptors (Lipinski definition) is 2. The van der Waals surface area contributed by atoms with Gasteiger partial charge in [-0.05, 0) is 30.4 Å². The van der Waals surface area contributed by atoms with Crippen LogP contribution in [0.25, 0.3) is 0 Å². The molecule has 0 radical (unpaired) electrons. The van der Waals surface area contributed by atoms with Crippen molar-refractivity contribution in [3.8, 4) is 5.75 Å². The summed E-state index contributed by atoms with van der Waals surface area (Å²) in [4.78, 5) is 13.4. The highest BCUT2D eigenvalue weighted by molar-refractivity contribution is 5.94. The molecule has 1 aliphatic heterocycles. The van der Waals surface area contributed by atoms with Gasteiger partial charge in [0.2, 0.25) is 0 Å². The van der Waals surface area contributed by atoms with Gasteiger partial charge in [0.05, 0.1) is 0 Å². The summed E-state index contributed by atoms with van der Waals surface area (Å²) in [7, 11) is 0.